The van der Waals surface area contributed by atoms with E-state index < -0.39 is 0 Å². The lowest BCUT2D eigenvalue weighted by Gasteiger charge is -2.14. The van der Waals surface area contributed by atoms with E-state index >= 15 is 0 Å². The summed E-state index contributed by atoms with van der Waals surface area (Å²) in [6, 6.07) is 3.71. The highest BCUT2D eigenvalue weighted by molar-refractivity contribution is 5.50. The second-order valence-corrected chi connectivity index (χ2v) is 4.49. The Labute approximate surface area is 111 Å². The van der Waals surface area contributed by atoms with E-state index in [4.69, 9.17) is 4.74 Å². The monoisotopic (exact) mass is 262 g/mol. The number of nitrogens with zero attached hydrogens (tertiary/aromatic N) is 1. The molecule has 0 unspecified atom stereocenters. The van der Waals surface area contributed by atoms with Crippen molar-refractivity contribution in [3.8, 4) is 17.3 Å². The van der Waals surface area contributed by atoms with Gasteiger partial charge in [-0.15, -0.1) is 0 Å². The zero-order chi connectivity index (χ0) is 14.0. The third kappa shape index (κ3) is 2.36. The van der Waals surface area contributed by atoms with E-state index in [0.29, 0.717) is 5.69 Å². The quantitative estimate of drug-likeness (QED) is 0.887. The molecule has 2 aromatic rings. The Balaban J connectivity index is 2.63. The van der Waals surface area contributed by atoms with Crippen LogP contribution in [0.15, 0.2) is 23.1 Å². The Morgan fingerprint density at radius 3 is 2.68 bits per heavy atom. The molecular formula is C14H18N2O3. The van der Waals surface area contributed by atoms with Crippen LogP contribution in [0.25, 0.3) is 5.69 Å². The molecule has 1 aromatic carbocycles. The van der Waals surface area contributed by atoms with Gasteiger partial charge in [-0.2, -0.15) is 0 Å². The van der Waals surface area contributed by atoms with E-state index in [1.165, 1.54) is 10.8 Å². The number of benzene rings is 1. The van der Waals surface area contributed by atoms with Crippen molar-refractivity contribution in [1.82, 2.24) is 9.55 Å². The summed E-state index contributed by atoms with van der Waals surface area (Å²) in [5, 5.41) is 9.72. The molecule has 0 fully saturated rings. The Bertz CT molecular complexity index is 641. The molecule has 2 N–H and O–H groups in total. The molecule has 0 amide bonds. The van der Waals surface area contributed by atoms with Crippen LogP contribution >= 0.6 is 0 Å². The fraction of sp³-hybridized carbons (Fsp3) is 0.357. The number of aromatic nitrogens is 2. The zero-order valence-electron chi connectivity index (χ0n) is 11.4. The number of imidazole rings is 1. The predicted octanol–water partition coefficient (Wildman–Crippen LogP) is 2.14. The van der Waals surface area contributed by atoms with Crippen molar-refractivity contribution < 1.29 is 9.84 Å². The van der Waals surface area contributed by atoms with Gasteiger partial charge in [0.15, 0.2) is 0 Å². The molecule has 0 bridgehead atoms. The zero-order valence-corrected chi connectivity index (χ0v) is 11.4. The minimum Gasteiger partial charge on any atom is -0.496 e. The van der Waals surface area contributed by atoms with Crippen molar-refractivity contribution in [2.45, 2.75) is 26.7 Å². The van der Waals surface area contributed by atoms with Gasteiger partial charge in [-0.1, -0.05) is 13.3 Å². The summed E-state index contributed by atoms with van der Waals surface area (Å²) in [5.74, 6) is 0.741. The maximum Gasteiger partial charge on any atom is 0.333 e. The lowest BCUT2D eigenvalue weighted by Crippen LogP contribution is -2.15. The lowest BCUT2D eigenvalue weighted by molar-refractivity contribution is 0.406. The smallest absolute Gasteiger partial charge is 0.333 e. The van der Waals surface area contributed by atoms with Crippen molar-refractivity contribution in [3.05, 3.63) is 39.9 Å². The largest absolute Gasteiger partial charge is 0.496 e. The molecule has 0 spiro atoms. The van der Waals surface area contributed by atoms with Gasteiger partial charge in [0.05, 0.1) is 19.0 Å². The highest BCUT2D eigenvalue weighted by atomic mass is 16.5. The molecule has 0 aliphatic heterocycles. The summed E-state index contributed by atoms with van der Waals surface area (Å²) in [6.45, 7) is 4.01. The molecule has 0 aliphatic rings. The molecule has 0 saturated carbocycles. The number of rotatable bonds is 4. The van der Waals surface area contributed by atoms with Crippen LogP contribution < -0.4 is 10.4 Å². The van der Waals surface area contributed by atoms with Gasteiger partial charge in [-0.3, -0.25) is 0 Å². The first-order chi connectivity index (χ1) is 9.08. The minimum atomic E-state index is -0.357. The number of aromatic amines is 1. The van der Waals surface area contributed by atoms with Gasteiger partial charge >= 0.3 is 5.69 Å². The van der Waals surface area contributed by atoms with E-state index in [0.717, 1.165) is 29.7 Å². The SMILES string of the molecule is CCCc1cc(-n2c(O)c[nH]c2=O)cc(C)c1OC. The first-order valence-corrected chi connectivity index (χ1v) is 6.25. The second kappa shape index (κ2) is 5.22. The van der Waals surface area contributed by atoms with Gasteiger partial charge in [0.1, 0.15) is 5.75 Å². The van der Waals surface area contributed by atoms with Crippen molar-refractivity contribution in [3.63, 3.8) is 0 Å². The van der Waals surface area contributed by atoms with Crippen molar-refractivity contribution >= 4 is 0 Å². The van der Waals surface area contributed by atoms with Crippen LogP contribution in [0, 0.1) is 6.92 Å². The van der Waals surface area contributed by atoms with E-state index in [1.807, 2.05) is 19.1 Å². The van der Waals surface area contributed by atoms with Crippen LogP contribution in [-0.2, 0) is 6.42 Å². The molecule has 1 aromatic heterocycles. The number of aromatic hydroxyl groups is 1. The van der Waals surface area contributed by atoms with Gasteiger partial charge in [-0.25, -0.2) is 9.36 Å². The molecule has 0 aliphatic carbocycles. The number of nitrogens with one attached hydrogen (secondary N) is 1. The van der Waals surface area contributed by atoms with E-state index in [1.54, 1.807) is 7.11 Å². The van der Waals surface area contributed by atoms with E-state index in [2.05, 4.69) is 11.9 Å². The van der Waals surface area contributed by atoms with Crippen LogP contribution in [0.4, 0.5) is 0 Å². The van der Waals surface area contributed by atoms with Crippen LogP contribution in [-0.4, -0.2) is 21.8 Å². The number of methoxy groups -OCH3 is 1. The van der Waals surface area contributed by atoms with Crippen molar-refractivity contribution in [2.24, 2.45) is 0 Å². The molecular weight excluding hydrogens is 244 g/mol. The summed E-state index contributed by atoms with van der Waals surface area (Å²) in [6.07, 6.45) is 3.12. The third-order valence-corrected chi connectivity index (χ3v) is 3.07. The minimum absolute atomic E-state index is 0.1000. The summed E-state index contributed by atoms with van der Waals surface area (Å²) in [4.78, 5) is 14.2. The van der Waals surface area contributed by atoms with Crippen LogP contribution in [0.2, 0.25) is 0 Å². The molecule has 0 saturated heterocycles. The molecule has 19 heavy (non-hydrogen) atoms. The molecule has 5 nitrogen and oxygen atoms in total. The first-order valence-electron chi connectivity index (χ1n) is 6.25. The third-order valence-electron chi connectivity index (χ3n) is 3.07. The summed E-state index contributed by atoms with van der Waals surface area (Å²) < 4.78 is 6.65. The average Bonchev–Trinajstić information content (AvgIpc) is 2.69. The fourth-order valence-electron chi connectivity index (χ4n) is 2.31. The van der Waals surface area contributed by atoms with Crippen LogP contribution in [0.5, 0.6) is 11.6 Å². The molecule has 102 valence electrons. The van der Waals surface area contributed by atoms with E-state index in [9.17, 15) is 9.90 Å². The van der Waals surface area contributed by atoms with Gasteiger partial charge < -0.3 is 14.8 Å². The number of hydrogen-bond acceptors (Lipinski definition) is 3. The Hall–Kier alpha value is -2.17. The molecule has 0 radical (unpaired) electrons. The van der Waals surface area contributed by atoms with Crippen molar-refractivity contribution in [2.75, 3.05) is 7.11 Å². The Kier molecular flexibility index (Phi) is 3.64. The van der Waals surface area contributed by atoms with Gasteiger partial charge in [0.25, 0.3) is 0 Å². The van der Waals surface area contributed by atoms with Crippen molar-refractivity contribution in [1.29, 1.82) is 0 Å². The summed E-state index contributed by atoms with van der Waals surface area (Å²) in [5.41, 5.74) is 2.26. The Morgan fingerprint density at radius 2 is 2.16 bits per heavy atom. The molecule has 5 heteroatoms. The topological polar surface area (TPSA) is 67.2 Å². The highest BCUT2D eigenvalue weighted by Crippen LogP contribution is 2.28. The summed E-state index contributed by atoms with van der Waals surface area (Å²) >= 11 is 0. The maximum atomic E-state index is 11.7. The van der Waals surface area contributed by atoms with Gasteiger partial charge in [0, 0.05) is 0 Å². The normalized spacial score (nSPS) is 10.7. The Morgan fingerprint density at radius 1 is 1.42 bits per heavy atom. The highest BCUT2D eigenvalue weighted by Gasteiger charge is 2.13. The van der Waals surface area contributed by atoms with Gasteiger partial charge in [0.2, 0.25) is 5.88 Å². The van der Waals surface area contributed by atoms with Gasteiger partial charge in [-0.05, 0) is 36.6 Å². The number of aryl methyl sites for hydroxylation is 2. The molecule has 1 heterocycles. The number of ether oxygens (including phenoxy) is 1. The molecule has 0 atom stereocenters. The lowest BCUT2D eigenvalue weighted by atomic mass is 10.0. The molecule has 2 rings (SSSR count). The summed E-state index contributed by atoms with van der Waals surface area (Å²) in [7, 11) is 1.64. The standard InChI is InChI=1S/C14H18N2O3/c1-4-5-10-7-11(6-9(2)13(10)19-3)16-12(17)8-15-14(16)18/h6-8,17H,4-5H2,1-3H3,(H,15,18). The predicted molar refractivity (Wildman–Crippen MR) is 73.3 cm³/mol. The fourth-order valence-corrected chi connectivity index (χ4v) is 2.31. The number of H-pyrrole nitrogens is 1. The first kappa shape index (κ1) is 13.3. The van der Waals surface area contributed by atoms with Crippen LogP contribution in [0.1, 0.15) is 24.5 Å². The van der Waals surface area contributed by atoms with Crippen LogP contribution in [0.3, 0.4) is 0 Å². The maximum absolute atomic E-state index is 11.7. The number of hydrogen-bond donors (Lipinski definition) is 2. The second-order valence-electron chi connectivity index (χ2n) is 4.49. The average molecular weight is 262 g/mol. The van der Waals surface area contributed by atoms with E-state index in [-0.39, 0.29) is 11.6 Å².